The van der Waals surface area contributed by atoms with Crippen molar-refractivity contribution in [1.82, 2.24) is 10.2 Å². The summed E-state index contributed by atoms with van der Waals surface area (Å²) in [7, 11) is 4.75. The lowest BCUT2D eigenvalue weighted by atomic mass is 10.0. The van der Waals surface area contributed by atoms with Crippen LogP contribution in [0.5, 0.6) is 17.2 Å². The highest BCUT2D eigenvalue weighted by atomic mass is 35.5. The summed E-state index contributed by atoms with van der Waals surface area (Å²) in [5, 5.41) is 3.83. The molecule has 1 amide bonds. The number of carbonyl (C=O) groups is 1. The highest BCUT2D eigenvalue weighted by molar-refractivity contribution is 6.30. The molecule has 2 aromatic rings. The van der Waals surface area contributed by atoms with E-state index in [0.29, 0.717) is 41.7 Å². The molecule has 1 heterocycles. The summed E-state index contributed by atoms with van der Waals surface area (Å²) in [5.41, 5.74) is 2.04. The monoisotopic (exact) mass is 446 g/mol. The highest BCUT2D eigenvalue weighted by Gasteiger charge is 2.24. The predicted molar refractivity (Wildman–Crippen MR) is 122 cm³/mol. The Balaban J connectivity index is 1.63. The van der Waals surface area contributed by atoms with E-state index in [1.165, 1.54) is 12.8 Å². The number of carbonyl (C=O) groups excluding carboxylic acids is 1. The van der Waals surface area contributed by atoms with Crippen molar-refractivity contribution < 1.29 is 19.0 Å². The topological polar surface area (TPSA) is 60.0 Å². The Morgan fingerprint density at radius 3 is 2.45 bits per heavy atom. The van der Waals surface area contributed by atoms with Crippen LogP contribution in [0, 0.1) is 0 Å². The van der Waals surface area contributed by atoms with Gasteiger partial charge in [0.05, 0.1) is 27.4 Å². The Morgan fingerprint density at radius 1 is 1.06 bits per heavy atom. The van der Waals surface area contributed by atoms with Gasteiger partial charge >= 0.3 is 0 Å². The van der Waals surface area contributed by atoms with Crippen molar-refractivity contribution in [3.8, 4) is 17.2 Å². The van der Waals surface area contributed by atoms with E-state index in [1.807, 2.05) is 30.3 Å². The first kappa shape index (κ1) is 23.2. The molecule has 0 saturated carbocycles. The fraction of sp³-hybridized carbons (Fsp3) is 0.458. The van der Waals surface area contributed by atoms with Gasteiger partial charge in [0.2, 0.25) is 11.7 Å². The molecule has 0 radical (unpaired) electrons. The lowest BCUT2D eigenvalue weighted by Crippen LogP contribution is -2.36. The molecule has 1 saturated heterocycles. The number of aryl methyl sites for hydroxylation is 1. The number of benzene rings is 2. The molecule has 1 unspecified atom stereocenters. The number of ether oxygens (including phenoxy) is 3. The smallest absolute Gasteiger partial charge is 0.220 e. The maximum atomic E-state index is 12.7. The molecule has 3 rings (SSSR count). The van der Waals surface area contributed by atoms with E-state index in [4.69, 9.17) is 25.8 Å². The molecule has 1 aliphatic heterocycles. The Kier molecular flexibility index (Phi) is 8.43. The van der Waals surface area contributed by atoms with Gasteiger partial charge in [-0.15, -0.1) is 0 Å². The first-order chi connectivity index (χ1) is 15.1. The Morgan fingerprint density at radius 2 is 1.81 bits per heavy atom. The maximum absolute atomic E-state index is 12.7. The number of amides is 1. The van der Waals surface area contributed by atoms with Gasteiger partial charge in [0, 0.05) is 18.0 Å². The number of nitrogens with zero attached hydrogens (tertiary/aromatic N) is 1. The number of rotatable bonds is 10. The molecule has 1 fully saturated rings. The van der Waals surface area contributed by atoms with E-state index >= 15 is 0 Å². The van der Waals surface area contributed by atoms with Crippen LogP contribution in [0.15, 0.2) is 36.4 Å². The first-order valence-corrected chi connectivity index (χ1v) is 11.0. The van der Waals surface area contributed by atoms with Crippen LogP contribution in [-0.2, 0) is 11.2 Å². The molecule has 168 valence electrons. The van der Waals surface area contributed by atoms with Crippen molar-refractivity contribution in [1.29, 1.82) is 0 Å². The third-order valence-electron chi connectivity index (χ3n) is 5.71. The van der Waals surface area contributed by atoms with Crippen molar-refractivity contribution in [3.63, 3.8) is 0 Å². The second kappa shape index (κ2) is 11.3. The van der Waals surface area contributed by atoms with Gasteiger partial charge in [0.15, 0.2) is 11.5 Å². The fourth-order valence-corrected chi connectivity index (χ4v) is 4.33. The van der Waals surface area contributed by atoms with E-state index in [9.17, 15) is 4.79 Å². The Labute approximate surface area is 189 Å². The molecule has 0 spiro atoms. The minimum atomic E-state index is 0.00284. The largest absolute Gasteiger partial charge is 0.493 e. The zero-order valence-corrected chi connectivity index (χ0v) is 19.2. The van der Waals surface area contributed by atoms with Crippen LogP contribution in [-0.4, -0.2) is 51.8 Å². The number of hydrogen-bond acceptors (Lipinski definition) is 5. The maximum Gasteiger partial charge on any atom is 0.220 e. The van der Waals surface area contributed by atoms with Crippen LogP contribution in [0.3, 0.4) is 0 Å². The summed E-state index contributed by atoms with van der Waals surface area (Å²) in [5.74, 6) is 1.74. The van der Waals surface area contributed by atoms with Gasteiger partial charge < -0.3 is 19.5 Å². The van der Waals surface area contributed by atoms with Crippen LogP contribution >= 0.6 is 11.6 Å². The number of methoxy groups -OCH3 is 3. The zero-order valence-electron chi connectivity index (χ0n) is 18.4. The molecule has 31 heavy (non-hydrogen) atoms. The number of halogens is 1. The van der Waals surface area contributed by atoms with Crippen molar-refractivity contribution in [2.24, 2.45) is 0 Å². The second-order valence-corrected chi connectivity index (χ2v) is 8.05. The average Bonchev–Trinajstić information content (AvgIpc) is 3.31. The van der Waals surface area contributed by atoms with E-state index in [0.717, 1.165) is 24.2 Å². The third-order valence-corrected chi connectivity index (χ3v) is 5.95. The van der Waals surface area contributed by atoms with E-state index < -0.39 is 0 Å². The van der Waals surface area contributed by atoms with Gasteiger partial charge in [-0.1, -0.05) is 29.8 Å². The minimum Gasteiger partial charge on any atom is -0.493 e. The molecule has 1 aliphatic rings. The predicted octanol–water partition coefficient (Wildman–Crippen LogP) is 4.25. The normalized spacial score (nSPS) is 14.8. The summed E-state index contributed by atoms with van der Waals surface area (Å²) in [6.07, 6.45) is 3.27. The summed E-state index contributed by atoms with van der Waals surface area (Å²) in [6, 6.07) is 11.8. The fourth-order valence-electron chi connectivity index (χ4n) is 4.13. The van der Waals surface area contributed by atoms with Gasteiger partial charge in [0.25, 0.3) is 0 Å². The Hall–Kier alpha value is -2.44. The van der Waals surface area contributed by atoms with Crippen molar-refractivity contribution in [2.45, 2.75) is 31.7 Å². The SMILES string of the molecule is COc1ccc(CCC(=O)NCC(c2cccc(Cl)c2)N2CCCC2)c(OC)c1OC. The van der Waals surface area contributed by atoms with Crippen molar-refractivity contribution >= 4 is 17.5 Å². The minimum absolute atomic E-state index is 0.00284. The van der Waals surface area contributed by atoms with Crippen LogP contribution < -0.4 is 19.5 Å². The summed E-state index contributed by atoms with van der Waals surface area (Å²) in [6.45, 7) is 2.63. The van der Waals surface area contributed by atoms with Gasteiger partial charge in [-0.05, 0) is 61.7 Å². The van der Waals surface area contributed by atoms with Gasteiger partial charge in [0.1, 0.15) is 0 Å². The molecule has 1 N–H and O–H groups in total. The number of likely N-dealkylation sites (tertiary alicyclic amines) is 1. The van der Waals surface area contributed by atoms with Crippen LogP contribution in [0.1, 0.15) is 36.4 Å². The molecule has 2 aromatic carbocycles. The van der Waals surface area contributed by atoms with Gasteiger partial charge in [-0.25, -0.2) is 0 Å². The highest BCUT2D eigenvalue weighted by Crippen LogP contribution is 2.40. The third kappa shape index (κ3) is 5.83. The molecular formula is C24H31ClN2O4. The number of nitrogens with one attached hydrogen (secondary N) is 1. The lowest BCUT2D eigenvalue weighted by Gasteiger charge is -2.28. The standard InChI is InChI=1S/C24H31ClN2O4/c1-29-21-11-9-17(23(30-2)24(21)31-3)10-12-22(28)26-16-20(27-13-4-5-14-27)18-7-6-8-19(25)15-18/h6-9,11,15,20H,4-5,10,12-14,16H2,1-3H3,(H,26,28). The molecule has 0 bridgehead atoms. The molecular weight excluding hydrogens is 416 g/mol. The molecule has 1 atom stereocenters. The van der Waals surface area contributed by atoms with E-state index in [2.05, 4.69) is 16.3 Å². The van der Waals surface area contributed by atoms with Crippen LogP contribution in [0.2, 0.25) is 5.02 Å². The Bertz CT molecular complexity index is 884. The number of hydrogen-bond donors (Lipinski definition) is 1. The summed E-state index contributed by atoms with van der Waals surface area (Å²) < 4.78 is 16.3. The van der Waals surface area contributed by atoms with Gasteiger partial charge in [-0.2, -0.15) is 0 Å². The summed E-state index contributed by atoms with van der Waals surface area (Å²) >= 11 is 6.21. The van der Waals surface area contributed by atoms with E-state index in [1.54, 1.807) is 21.3 Å². The molecule has 0 aromatic heterocycles. The van der Waals surface area contributed by atoms with Crippen LogP contribution in [0.4, 0.5) is 0 Å². The first-order valence-electron chi connectivity index (χ1n) is 10.6. The molecule has 7 heteroatoms. The lowest BCUT2D eigenvalue weighted by molar-refractivity contribution is -0.121. The van der Waals surface area contributed by atoms with Crippen LogP contribution in [0.25, 0.3) is 0 Å². The van der Waals surface area contributed by atoms with Crippen molar-refractivity contribution in [2.75, 3.05) is 41.0 Å². The zero-order chi connectivity index (χ0) is 22.2. The summed E-state index contributed by atoms with van der Waals surface area (Å²) in [4.78, 5) is 15.1. The average molecular weight is 447 g/mol. The van der Waals surface area contributed by atoms with E-state index in [-0.39, 0.29) is 11.9 Å². The quantitative estimate of drug-likeness (QED) is 0.591. The van der Waals surface area contributed by atoms with Crippen molar-refractivity contribution in [3.05, 3.63) is 52.5 Å². The molecule has 6 nitrogen and oxygen atoms in total. The molecule has 0 aliphatic carbocycles. The van der Waals surface area contributed by atoms with Gasteiger partial charge in [-0.3, -0.25) is 9.69 Å². The second-order valence-electron chi connectivity index (χ2n) is 7.61.